The van der Waals surface area contributed by atoms with Crippen LogP contribution < -0.4 is 10.6 Å². The van der Waals surface area contributed by atoms with E-state index in [4.69, 9.17) is 4.52 Å². The van der Waals surface area contributed by atoms with Crippen molar-refractivity contribution in [2.75, 3.05) is 10.6 Å². The van der Waals surface area contributed by atoms with E-state index in [9.17, 15) is 0 Å². The van der Waals surface area contributed by atoms with Crippen molar-refractivity contribution in [3.05, 3.63) is 24.0 Å². The van der Waals surface area contributed by atoms with E-state index in [1.807, 2.05) is 6.92 Å². The Balaban J connectivity index is 1.32. The van der Waals surface area contributed by atoms with Crippen LogP contribution in [0.15, 0.2) is 22.7 Å². The van der Waals surface area contributed by atoms with Crippen LogP contribution >= 0.6 is 0 Å². The van der Waals surface area contributed by atoms with Gasteiger partial charge in [-0.25, -0.2) is 0 Å². The van der Waals surface area contributed by atoms with Gasteiger partial charge in [0.2, 0.25) is 0 Å². The lowest BCUT2D eigenvalue weighted by Gasteiger charge is -2.36. The predicted molar refractivity (Wildman–Crippen MR) is 115 cm³/mol. The van der Waals surface area contributed by atoms with Crippen LogP contribution in [0.5, 0.6) is 0 Å². The second-order valence-corrected chi connectivity index (χ2v) is 10.2. The summed E-state index contributed by atoms with van der Waals surface area (Å²) in [4.78, 5) is 4.44. The van der Waals surface area contributed by atoms with E-state index in [1.165, 1.54) is 75.6 Å². The van der Waals surface area contributed by atoms with E-state index in [1.54, 1.807) is 0 Å². The molecule has 2 atom stereocenters. The van der Waals surface area contributed by atoms with E-state index in [0.717, 1.165) is 23.3 Å². The summed E-state index contributed by atoms with van der Waals surface area (Å²) in [6.45, 7) is 1.87. The van der Waals surface area contributed by atoms with Gasteiger partial charge in [-0.3, -0.25) is 0 Å². The van der Waals surface area contributed by atoms with Gasteiger partial charge in [-0.05, 0) is 87.8 Å². The largest absolute Gasteiger partial charge is 0.381 e. The highest BCUT2D eigenvalue weighted by Crippen LogP contribution is 2.61. The topological polar surface area (TPSA) is 63.0 Å². The molecule has 29 heavy (non-hydrogen) atoms. The third-order valence-corrected chi connectivity index (χ3v) is 8.13. The van der Waals surface area contributed by atoms with Crippen molar-refractivity contribution in [2.24, 2.45) is 17.8 Å². The molecule has 5 aliphatic rings. The van der Waals surface area contributed by atoms with Crippen LogP contribution in [0.3, 0.4) is 0 Å². The van der Waals surface area contributed by atoms with Gasteiger partial charge in [0.1, 0.15) is 0 Å². The summed E-state index contributed by atoms with van der Waals surface area (Å²) >= 11 is 0. The number of hydrogen-bond acceptors (Lipinski definition) is 5. The molecule has 5 heteroatoms. The number of aryl methyl sites for hydroxylation is 1. The third-order valence-electron chi connectivity index (χ3n) is 8.13. The van der Waals surface area contributed by atoms with Crippen molar-refractivity contribution in [2.45, 2.75) is 82.7 Å². The smallest absolute Gasteiger partial charge is 0.257 e. The van der Waals surface area contributed by atoms with Crippen molar-refractivity contribution in [1.82, 2.24) is 10.1 Å². The van der Waals surface area contributed by atoms with Crippen LogP contribution in [-0.2, 0) is 0 Å². The Morgan fingerprint density at radius 3 is 2.52 bits per heavy atom. The lowest BCUT2D eigenvalue weighted by Crippen LogP contribution is -2.39. The molecule has 2 aromatic rings. The number of nitrogens with zero attached hydrogens (tertiary/aromatic N) is 2. The minimum atomic E-state index is 0.333. The maximum absolute atomic E-state index is 5.45. The molecule has 0 spiro atoms. The van der Waals surface area contributed by atoms with Crippen molar-refractivity contribution >= 4 is 11.4 Å². The van der Waals surface area contributed by atoms with E-state index < -0.39 is 0 Å². The first-order valence-corrected chi connectivity index (χ1v) is 11.7. The van der Waals surface area contributed by atoms with Gasteiger partial charge < -0.3 is 15.2 Å². The molecule has 1 heterocycles. The molecule has 5 nitrogen and oxygen atoms in total. The Labute approximate surface area is 173 Å². The van der Waals surface area contributed by atoms with Crippen LogP contribution in [0.4, 0.5) is 11.4 Å². The molecule has 2 N–H and O–H groups in total. The Morgan fingerprint density at radius 2 is 1.79 bits per heavy atom. The van der Waals surface area contributed by atoms with Gasteiger partial charge in [0.25, 0.3) is 5.89 Å². The zero-order valence-electron chi connectivity index (χ0n) is 17.4. The summed E-state index contributed by atoms with van der Waals surface area (Å²) in [5.74, 6) is 4.07. The molecule has 5 aliphatic carbocycles. The van der Waals surface area contributed by atoms with E-state index in [-0.39, 0.29) is 0 Å². The van der Waals surface area contributed by atoms with Crippen LogP contribution in [0.1, 0.15) is 70.0 Å². The summed E-state index contributed by atoms with van der Waals surface area (Å²) < 4.78 is 5.45. The molecule has 5 saturated carbocycles. The Hall–Kier alpha value is -2.04. The molecular formula is C24H32N4O. The summed E-state index contributed by atoms with van der Waals surface area (Å²) in [7, 11) is 0. The van der Waals surface area contributed by atoms with Gasteiger partial charge >= 0.3 is 0 Å². The van der Waals surface area contributed by atoms with Gasteiger partial charge in [-0.1, -0.05) is 24.4 Å². The molecule has 0 saturated heterocycles. The maximum atomic E-state index is 5.45. The molecule has 0 radical (unpaired) electrons. The zero-order chi connectivity index (χ0) is 19.4. The van der Waals surface area contributed by atoms with Crippen LogP contribution in [0, 0.1) is 24.7 Å². The highest BCUT2D eigenvalue weighted by Gasteiger charge is 2.57. The molecule has 1 aromatic heterocycles. The van der Waals surface area contributed by atoms with Crippen molar-refractivity contribution in [3.8, 4) is 11.5 Å². The van der Waals surface area contributed by atoms with E-state index in [2.05, 4.69) is 39.0 Å². The standard InChI is InChI=1S/C24H32N4O/c1-15-25-23(29-28-15)18-7-8-21(22(12-18)26-20-5-3-2-4-6-20)27-24-13-16-9-17(14-24)11-19(24)10-16/h7-8,12,16-17,19-20,26-27H,2-6,9-11,13-14H2,1H3. The summed E-state index contributed by atoms with van der Waals surface area (Å²) in [5.41, 5.74) is 3.82. The van der Waals surface area contributed by atoms with Crippen molar-refractivity contribution in [3.63, 3.8) is 0 Å². The normalized spacial score (nSPS) is 33.3. The van der Waals surface area contributed by atoms with Crippen LogP contribution in [-0.4, -0.2) is 21.7 Å². The van der Waals surface area contributed by atoms with Gasteiger partial charge in [0, 0.05) is 17.1 Å². The monoisotopic (exact) mass is 392 g/mol. The van der Waals surface area contributed by atoms with Crippen LogP contribution in [0.25, 0.3) is 11.5 Å². The second kappa shape index (κ2) is 6.75. The first kappa shape index (κ1) is 17.8. The Kier molecular flexibility index (Phi) is 4.14. The molecule has 0 aliphatic heterocycles. The molecular weight excluding hydrogens is 360 g/mol. The molecule has 0 amide bonds. The average molecular weight is 393 g/mol. The number of rotatable bonds is 5. The van der Waals surface area contributed by atoms with Gasteiger partial charge in [0.15, 0.2) is 5.82 Å². The van der Waals surface area contributed by atoms with E-state index >= 15 is 0 Å². The lowest BCUT2D eigenvalue weighted by molar-refractivity contribution is 0.274. The minimum Gasteiger partial charge on any atom is -0.381 e. The molecule has 5 fully saturated rings. The Bertz CT molecular complexity index is 886. The minimum absolute atomic E-state index is 0.333. The number of anilines is 2. The summed E-state index contributed by atoms with van der Waals surface area (Å²) in [5, 5.41) is 12.0. The Morgan fingerprint density at radius 1 is 1.00 bits per heavy atom. The number of benzene rings is 1. The van der Waals surface area contributed by atoms with Gasteiger partial charge in [-0.15, -0.1) is 0 Å². The summed E-state index contributed by atoms with van der Waals surface area (Å²) in [6.07, 6.45) is 13.6. The second-order valence-electron chi connectivity index (χ2n) is 10.2. The zero-order valence-corrected chi connectivity index (χ0v) is 17.4. The molecule has 7 rings (SSSR count). The molecule has 2 unspecified atom stereocenters. The fraction of sp³-hybridized carbons (Fsp3) is 0.667. The summed E-state index contributed by atoms with van der Waals surface area (Å²) in [6, 6.07) is 7.17. The fourth-order valence-electron chi connectivity index (χ4n) is 7.06. The van der Waals surface area contributed by atoms with Gasteiger partial charge in [0.05, 0.1) is 11.4 Å². The number of nitrogens with one attached hydrogen (secondary N) is 2. The lowest BCUT2D eigenvalue weighted by atomic mass is 9.80. The van der Waals surface area contributed by atoms with Gasteiger partial charge in [-0.2, -0.15) is 4.98 Å². The third kappa shape index (κ3) is 3.13. The molecule has 4 bridgehead atoms. The van der Waals surface area contributed by atoms with Crippen LogP contribution in [0.2, 0.25) is 0 Å². The SMILES string of the molecule is Cc1noc(-c2ccc(NC34CC5CC(CC3C5)C4)c(NC3CCCCC3)c2)n1. The quantitative estimate of drug-likeness (QED) is 0.675. The highest BCUT2D eigenvalue weighted by molar-refractivity contribution is 5.76. The molecule has 154 valence electrons. The first-order chi connectivity index (χ1) is 14.2. The number of aromatic nitrogens is 2. The maximum Gasteiger partial charge on any atom is 0.257 e. The fourth-order valence-corrected chi connectivity index (χ4v) is 7.06. The highest BCUT2D eigenvalue weighted by atomic mass is 16.5. The molecule has 1 aromatic carbocycles. The van der Waals surface area contributed by atoms with E-state index in [0.29, 0.717) is 23.3 Å². The van der Waals surface area contributed by atoms with Crippen molar-refractivity contribution < 1.29 is 4.52 Å². The number of hydrogen-bond donors (Lipinski definition) is 2. The predicted octanol–water partition coefficient (Wildman–Crippen LogP) is 5.78. The first-order valence-electron chi connectivity index (χ1n) is 11.7. The van der Waals surface area contributed by atoms with Crippen molar-refractivity contribution in [1.29, 1.82) is 0 Å². The average Bonchev–Trinajstić information content (AvgIpc) is 3.32.